The van der Waals surface area contributed by atoms with Gasteiger partial charge in [-0.25, -0.2) is 9.59 Å². The SMILES string of the molecule is COC(=O)c1oc(-c2ccccc2)c(C(=O)c2ccccc2)c1C(=O)OC. The fraction of sp³-hybridized carbons (Fsp3) is 0.0952. The molecule has 1 aromatic heterocycles. The predicted molar refractivity (Wildman–Crippen MR) is 96.7 cm³/mol. The van der Waals surface area contributed by atoms with Gasteiger partial charge in [-0.1, -0.05) is 60.7 Å². The van der Waals surface area contributed by atoms with Crippen LogP contribution in [0.1, 0.15) is 36.8 Å². The maximum Gasteiger partial charge on any atom is 0.374 e. The predicted octanol–water partition coefficient (Wildman–Crippen LogP) is 3.75. The summed E-state index contributed by atoms with van der Waals surface area (Å²) in [5, 5.41) is 0. The lowest BCUT2D eigenvalue weighted by atomic mass is 9.96. The number of furan rings is 1. The molecule has 0 bridgehead atoms. The van der Waals surface area contributed by atoms with Crippen LogP contribution in [0.25, 0.3) is 11.3 Å². The summed E-state index contributed by atoms with van der Waals surface area (Å²) < 4.78 is 15.2. The molecule has 0 N–H and O–H groups in total. The van der Waals surface area contributed by atoms with Crippen molar-refractivity contribution in [3.8, 4) is 11.3 Å². The molecule has 0 aliphatic heterocycles. The van der Waals surface area contributed by atoms with Gasteiger partial charge in [0.25, 0.3) is 0 Å². The van der Waals surface area contributed by atoms with Crippen LogP contribution in [0.5, 0.6) is 0 Å². The van der Waals surface area contributed by atoms with E-state index in [1.165, 1.54) is 0 Å². The Morgan fingerprint density at radius 2 is 1.30 bits per heavy atom. The zero-order chi connectivity index (χ0) is 19.4. The van der Waals surface area contributed by atoms with Gasteiger partial charge in [0.2, 0.25) is 5.76 Å². The topological polar surface area (TPSA) is 82.8 Å². The smallest absolute Gasteiger partial charge is 0.374 e. The molecule has 1 heterocycles. The van der Waals surface area contributed by atoms with Crippen molar-refractivity contribution in [2.45, 2.75) is 0 Å². The molecule has 2 aromatic carbocycles. The van der Waals surface area contributed by atoms with Crippen molar-refractivity contribution >= 4 is 17.7 Å². The minimum absolute atomic E-state index is 0.0420. The highest BCUT2D eigenvalue weighted by Crippen LogP contribution is 2.34. The molecule has 0 unspecified atom stereocenters. The Bertz CT molecular complexity index is 986. The lowest BCUT2D eigenvalue weighted by Gasteiger charge is -2.05. The second-order valence-electron chi connectivity index (χ2n) is 5.55. The van der Waals surface area contributed by atoms with E-state index in [-0.39, 0.29) is 22.6 Å². The Balaban J connectivity index is 2.33. The summed E-state index contributed by atoms with van der Waals surface area (Å²) in [6, 6.07) is 17.1. The van der Waals surface area contributed by atoms with Crippen molar-refractivity contribution < 1.29 is 28.3 Å². The highest BCUT2D eigenvalue weighted by Gasteiger charge is 2.35. The Labute approximate surface area is 155 Å². The molecule has 136 valence electrons. The summed E-state index contributed by atoms with van der Waals surface area (Å²) >= 11 is 0. The molecule has 0 saturated carbocycles. The second-order valence-corrected chi connectivity index (χ2v) is 5.55. The number of carbonyl (C=O) groups excluding carboxylic acids is 3. The molecular formula is C21H16O6. The first kappa shape index (κ1) is 18.1. The van der Waals surface area contributed by atoms with E-state index < -0.39 is 17.7 Å². The molecule has 6 heteroatoms. The fourth-order valence-corrected chi connectivity index (χ4v) is 2.71. The Morgan fingerprint density at radius 3 is 1.85 bits per heavy atom. The number of benzene rings is 2. The number of hydrogen-bond donors (Lipinski definition) is 0. The second kappa shape index (κ2) is 7.70. The fourth-order valence-electron chi connectivity index (χ4n) is 2.71. The normalized spacial score (nSPS) is 10.3. The Kier molecular flexibility index (Phi) is 5.17. The van der Waals surface area contributed by atoms with Crippen LogP contribution < -0.4 is 0 Å². The standard InChI is InChI=1S/C21H16O6/c1-25-20(23)16-15(17(22)13-9-5-3-6-10-13)18(14-11-7-4-8-12-14)27-19(16)21(24)26-2/h3-12H,1-2H3. The molecule has 0 amide bonds. The van der Waals surface area contributed by atoms with E-state index >= 15 is 0 Å². The number of carbonyl (C=O) groups is 3. The summed E-state index contributed by atoms with van der Waals surface area (Å²) in [4.78, 5) is 37.8. The van der Waals surface area contributed by atoms with Crippen molar-refractivity contribution in [2.24, 2.45) is 0 Å². The van der Waals surface area contributed by atoms with Gasteiger partial charge < -0.3 is 13.9 Å². The zero-order valence-electron chi connectivity index (χ0n) is 14.7. The van der Waals surface area contributed by atoms with Crippen molar-refractivity contribution in [3.63, 3.8) is 0 Å². The largest absolute Gasteiger partial charge is 0.465 e. The highest BCUT2D eigenvalue weighted by molar-refractivity contribution is 6.20. The quantitative estimate of drug-likeness (QED) is 0.506. The van der Waals surface area contributed by atoms with Crippen LogP contribution in [-0.2, 0) is 9.47 Å². The zero-order valence-corrected chi connectivity index (χ0v) is 14.7. The molecule has 0 radical (unpaired) electrons. The van der Waals surface area contributed by atoms with Gasteiger partial charge in [0.1, 0.15) is 11.3 Å². The molecule has 0 aliphatic rings. The minimum atomic E-state index is -0.875. The van der Waals surface area contributed by atoms with Crippen LogP contribution in [-0.4, -0.2) is 31.9 Å². The van der Waals surface area contributed by atoms with Crippen LogP contribution in [0.2, 0.25) is 0 Å². The van der Waals surface area contributed by atoms with Crippen molar-refractivity contribution in [2.75, 3.05) is 14.2 Å². The monoisotopic (exact) mass is 364 g/mol. The summed E-state index contributed by atoms with van der Waals surface area (Å²) in [5.74, 6) is -2.47. The first-order valence-corrected chi connectivity index (χ1v) is 8.07. The average molecular weight is 364 g/mol. The van der Waals surface area contributed by atoms with E-state index in [0.717, 1.165) is 14.2 Å². The average Bonchev–Trinajstić information content (AvgIpc) is 3.14. The van der Waals surface area contributed by atoms with Gasteiger partial charge in [-0.2, -0.15) is 0 Å². The lowest BCUT2D eigenvalue weighted by molar-refractivity contribution is 0.0528. The van der Waals surface area contributed by atoms with Crippen molar-refractivity contribution in [1.29, 1.82) is 0 Å². The van der Waals surface area contributed by atoms with Crippen LogP contribution in [0, 0.1) is 0 Å². The molecule has 6 nitrogen and oxygen atoms in total. The maximum atomic E-state index is 13.2. The number of ketones is 1. The molecule has 3 aromatic rings. The molecule has 0 saturated heterocycles. The number of rotatable bonds is 5. The van der Waals surface area contributed by atoms with Crippen LogP contribution >= 0.6 is 0 Å². The number of esters is 2. The van der Waals surface area contributed by atoms with E-state index in [2.05, 4.69) is 0 Å². The molecule has 3 rings (SSSR count). The van der Waals surface area contributed by atoms with Gasteiger partial charge in [0, 0.05) is 11.1 Å². The van der Waals surface area contributed by atoms with Gasteiger partial charge in [-0.05, 0) is 0 Å². The van der Waals surface area contributed by atoms with E-state index in [4.69, 9.17) is 13.9 Å². The van der Waals surface area contributed by atoms with E-state index in [0.29, 0.717) is 11.1 Å². The van der Waals surface area contributed by atoms with Gasteiger partial charge in [0.15, 0.2) is 5.78 Å². The van der Waals surface area contributed by atoms with E-state index in [1.807, 2.05) is 0 Å². The van der Waals surface area contributed by atoms with Gasteiger partial charge in [-0.15, -0.1) is 0 Å². The van der Waals surface area contributed by atoms with Crippen molar-refractivity contribution in [1.82, 2.24) is 0 Å². The van der Waals surface area contributed by atoms with Crippen molar-refractivity contribution in [3.05, 3.63) is 83.1 Å². The van der Waals surface area contributed by atoms with Gasteiger partial charge in [-0.3, -0.25) is 4.79 Å². The Morgan fingerprint density at radius 1 is 0.741 bits per heavy atom. The molecule has 0 atom stereocenters. The van der Waals surface area contributed by atoms with Crippen LogP contribution in [0.4, 0.5) is 0 Å². The van der Waals surface area contributed by atoms with E-state index in [1.54, 1.807) is 60.7 Å². The third-order valence-corrected chi connectivity index (χ3v) is 3.97. The highest BCUT2D eigenvalue weighted by atomic mass is 16.5. The third kappa shape index (κ3) is 3.37. The van der Waals surface area contributed by atoms with Crippen LogP contribution in [0.3, 0.4) is 0 Å². The number of hydrogen-bond acceptors (Lipinski definition) is 6. The summed E-state index contributed by atoms with van der Waals surface area (Å²) in [7, 11) is 2.32. The number of methoxy groups -OCH3 is 2. The summed E-state index contributed by atoms with van der Waals surface area (Å²) in [5.41, 5.74) is 0.589. The maximum absolute atomic E-state index is 13.2. The van der Waals surface area contributed by atoms with E-state index in [9.17, 15) is 14.4 Å². The summed E-state index contributed by atoms with van der Waals surface area (Å²) in [6.07, 6.45) is 0. The Hall–Kier alpha value is -3.67. The van der Waals surface area contributed by atoms with Gasteiger partial charge in [0.05, 0.1) is 19.8 Å². The molecular weight excluding hydrogens is 348 g/mol. The third-order valence-electron chi connectivity index (χ3n) is 3.97. The molecule has 0 fully saturated rings. The molecule has 0 aliphatic carbocycles. The first-order chi connectivity index (χ1) is 13.1. The first-order valence-electron chi connectivity index (χ1n) is 8.07. The van der Waals surface area contributed by atoms with Crippen LogP contribution in [0.15, 0.2) is 65.1 Å². The molecule has 0 spiro atoms. The minimum Gasteiger partial charge on any atom is -0.465 e. The molecule has 27 heavy (non-hydrogen) atoms. The summed E-state index contributed by atoms with van der Waals surface area (Å²) in [6.45, 7) is 0. The number of ether oxygens (including phenoxy) is 2. The lowest BCUT2D eigenvalue weighted by Crippen LogP contribution is -2.14. The van der Waals surface area contributed by atoms with Gasteiger partial charge >= 0.3 is 11.9 Å².